The zero-order valence-corrected chi connectivity index (χ0v) is 13.9. The van der Waals surface area contributed by atoms with Gasteiger partial charge in [-0.2, -0.15) is 9.97 Å². The summed E-state index contributed by atoms with van der Waals surface area (Å²) in [5.74, 6) is 0.580. The molecule has 112 valence electrons. The van der Waals surface area contributed by atoms with Crippen molar-refractivity contribution >= 4 is 11.8 Å². The maximum atomic E-state index is 5.36. The van der Waals surface area contributed by atoms with Gasteiger partial charge in [-0.15, -0.1) is 0 Å². The van der Waals surface area contributed by atoms with Gasteiger partial charge >= 0.3 is 6.01 Å². The number of aromatic nitrogens is 2. The molecule has 1 heterocycles. The van der Waals surface area contributed by atoms with Crippen LogP contribution in [0.25, 0.3) is 0 Å². The summed E-state index contributed by atoms with van der Waals surface area (Å²) in [5, 5.41) is 0.881. The Labute approximate surface area is 129 Å². The van der Waals surface area contributed by atoms with E-state index < -0.39 is 0 Å². The monoisotopic (exact) mass is 304 g/mol. The summed E-state index contributed by atoms with van der Waals surface area (Å²) in [7, 11) is 3.18. The molecule has 0 bridgehead atoms. The Balaban J connectivity index is 2.46. The average molecular weight is 304 g/mol. The van der Waals surface area contributed by atoms with Crippen LogP contribution in [0, 0.1) is 13.8 Å². The first-order chi connectivity index (χ1) is 10.1. The van der Waals surface area contributed by atoms with E-state index in [0.717, 1.165) is 21.9 Å². The fraction of sp³-hybridized carbons (Fsp3) is 0.375. The van der Waals surface area contributed by atoms with Crippen molar-refractivity contribution in [1.82, 2.24) is 9.97 Å². The first-order valence-corrected chi connectivity index (χ1v) is 7.64. The van der Waals surface area contributed by atoms with Gasteiger partial charge < -0.3 is 9.47 Å². The molecule has 0 saturated heterocycles. The van der Waals surface area contributed by atoms with E-state index in [1.807, 2.05) is 0 Å². The Morgan fingerprint density at radius 1 is 1.00 bits per heavy atom. The van der Waals surface area contributed by atoms with E-state index in [9.17, 15) is 0 Å². The first kappa shape index (κ1) is 15.6. The highest BCUT2D eigenvalue weighted by molar-refractivity contribution is 7.99. The molecule has 0 aliphatic heterocycles. The molecule has 21 heavy (non-hydrogen) atoms. The summed E-state index contributed by atoms with van der Waals surface area (Å²) in [5.41, 5.74) is 3.48. The van der Waals surface area contributed by atoms with E-state index in [0.29, 0.717) is 11.9 Å². The lowest BCUT2D eigenvalue weighted by molar-refractivity contribution is 0.344. The first-order valence-electron chi connectivity index (χ1n) is 6.82. The van der Waals surface area contributed by atoms with Gasteiger partial charge in [0.2, 0.25) is 5.88 Å². The van der Waals surface area contributed by atoms with E-state index in [2.05, 4.69) is 48.9 Å². The predicted molar refractivity (Wildman–Crippen MR) is 84.6 cm³/mol. The standard InChI is InChI=1S/C16H20N2O2S/c1-6-13-14(19-4)17-16(20-5)18-15(13)21-12-8-10(2)7-11(3)9-12/h7-9H,6H2,1-5H3. The SMILES string of the molecule is CCc1c(OC)nc(OC)nc1Sc1cc(C)cc(C)c1. The van der Waals surface area contributed by atoms with Crippen molar-refractivity contribution < 1.29 is 9.47 Å². The molecule has 0 spiro atoms. The lowest BCUT2D eigenvalue weighted by Crippen LogP contribution is -2.02. The van der Waals surface area contributed by atoms with Gasteiger partial charge in [-0.1, -0.05) is 24.8 Å². The van der Waals surface area contributed by atoms with Crippen molar-refractivity contribution in [3.63, 3.8) is 0 Å². The molecule has 0 radical (unpaired) electrons. The summed E-state index contributed by atoms with van der Waals surface area (Å²) in [4.78, 5) is 9.88. The molecule has 2 aromatic rings. The lowest BCUT2D eigenvalue weighted by atomic mass is 10.2. The largest absolute Gasteiger partial charge is 0.481 e. The highest BCUT2D eigenvalue weighted by atomic mass is 32.2. The highest BCUT2D eigenvalue weighted by Crippen LogP contribution is 2.35. The van der Waals surface area contributed by atoms with E-state index >= 15 is 0 Å². The number of aryl methyl sites for hydroxylation is 2. The van der Waals surface area contributed by atoms with E-state index in [1.165, 1.54) is 11.1 Å². The molecule has 0 saturated carbocycles. The lowest BCUT2D eigenvalue weighted by Gasteiger charge is -2.12. The second-order valence-corrected chi connectivity index (χ2v) is 5.84. The number of benzene rings is 1. The van der Waals surface area contributed by atoms with Gasteiger partial charge in [0.05, 0.1) is 14.2 Å². The van der Waals surface area contributed by atoms with Crippen molar-refractivity contribution in [3.05, 3.63) is 34.9 Å². The Morgan fingerprint density at radius 2 is 1.67 bits per heavy atom. The number of hydrogen-bond acceptors (Lipinski definition) is 5. The molecule has 1 aromatic heterocycles. The molecular weight excluding hydrogens is 284 g/mol. The molecule has 4 nitrogen and oxygen atoms in total. The predicted octanol–water partition coefficient (Wildman–Crippen LogP) is 3.82. The fourth-order valence-corrected chi connectivity index (χ4v) is 3.37. The number of rotatable bonds is 5. The topological polar surface area (TPSA) is 44.2 Å². The van der Waals surface area contributed by atoms with Crippen LogP contribution >= 0.6 is 11.8 Å². The van der Waals surface area contributed by atoms with Crippen LogP contribution in [0.4, 0.5) is 0 Å². The normalized spacial score (nSPS) is 10.5. The quantitative estimate of drug-likeness (QED) is 0.786. The summed E-state index contributed by atoms with van der Waals surface area (Å²) in [6, 6.07) is 6.79. The molecular formula is C16H20N2O2S. The van der Waals surface area contributed by atoms with Crippen molar-refractivity contribution in [2.45, 2.75) is 37.1 Å². The summed E-state index contributed by atoms with van der Waals surface area (Å²) in [6.07, 6.45) is 0.806. The molecule has 0 unspecified atom stereocenters. The second kappa shape index (κ2) is 6.80. The molecule has 2 rings (SSSR count). The fourth-order valence-electron chi connectivity index (χ4n) is 2.18. The van der Waals surface area contributed by atoms with Gasteiger partial charge in [0, 0.05) is 10.5 Å². The molecule has 0 fully saturated rings. The average Bonchev–Trinajstić information content (AvgIpc) is 2.45. The Bertz CT molecular complexity index is 624. The number of methoxy groups -OCH3 is 2. The minimum absolute atomic E-state index is 0.330. The van der Waals surface area contributed by atoms with Crippen molar-refractivity contribution in [3.8, 4) is 11.9 Å². The van der Waals surface area contributed by atoms with Gasteiger partial charge in [-0.25, -0.2) is 0 Å². The van der Waals surface area contributed by atoms with Crippen LogP contribution < -0.4 is 9.47 Å². The minimum atomic E-state index is 0.330. The molecule has 5 heteroatoms. The zero-order valence-electron chi connectivity index (χ0n) is 13.1. The van der Waals surface area contributed by atoms with Crippen LogP contribution in [0.3, 0.4) is 0 Å². The van der Waals surface area contributed by atoms with Gasteiger partial charge in [-0.05, 0) is 43.5 Å². The number of ether oxygens (including phenoxy) is 2. The summed E-state index contributed by atoms with van der Waals surface area (Å²) in [6.45, 7) is 6.26. The van der Waals surface area contributed by atoms with E-state index in [-0.39, 0.29) is 0 Å². The van der Waals surface area contributed by atoms with Crippen molar-refractivity contribution in [1.29, 1.82) is 0 Å². The van der Waals surface area contributed by atoms with Gasteiger partial charge in [0.25, 0.3) is 0 Å². The molecule has 0 aliphatic rings. The third kappa shape index (κ3) is 3.67. The van der Waals surface area contributed by atoms with Crippen molar-refractivity contribution in [2.75, 3.05) is 14.2 Å². The van der Waals surface area contributed by atoms with Crippen LogP contribution in [-0.4, -0.2) is 24.2 Å². The Morgan fingerprint density at radius 3 is 2.19 bits per heavy atom. The van der Waals surface area contributed by atoms with Crippen LogP contribution in [-0.2, 0) is 6.42 Å². The summed E-state index contributed by atoms with van der Waals surface area (Å²) < 4.78 is 10.5. The van der Waals surface area contributed by atoms with Gasteiger partial charge in [0.1, 0.15) is 5.03 Å². The Kier molecular flexibility index (Phi) is 5.07. The van der Waals surface area contributed by atoms with E-state index in [1.54, 1.807) is 26.0 Å². The minimum Gasteiger partial charge on any atom is -0.481 e. The second-order valence-electron chi connectivity index (χ2n) is 4.78. The maximum absolute atomic E-state index is 5.36. The third-order valence-electron chi connectivity index (χ3n) is 3.05. The van der Waals surface area contributed by atoms with Crippen LogP contribution in [0.1, 0.15) is 23.6 Å². The molecule has 0 amide bonds. The maximum Gasteiger partial charge on any atom is 0.320 e. The van der Waals surface area contributed by atoms with Crippen molar-refractivity contribution in [2.24, 2.45) is 0 Å². The molecule has 0 N–H and O–H groups in total. The molecule has 1 aromatic carbocycles. The van der Waals surface area contributed by atoms with Crippen LogP contribution in [0.2, 0.25) is 0 Å². The van der Waals surface area contributed by atoms with Crippen LogP contribution in [0.5, 0.6) is 11.9 Å². The van der Waals surface area contributed by atoms with Crippen LogP contribution in [0.15, 0.2) is 28.1 Å². The smallest absolute Gasteiger partial charge is 0.320 e. The molecule has 0 aliphatic carbocycles. The van der Waals surface area contributed by atoms with Gasteiger partial charge in [0.15, 0.2) is 0 Å². The summed E-state index contributed by atoms with van der Waals surface area (Å²) >= 11 is 1.62. The van der Waals surface area contributed by atoms with Gasteiger partial charge in [-0.3, -0.25) is 0 Å². The third-order valence-corrected chi connectivity index (χ3v) is 4.05. The van der Waals surface area contributed by atoms with E-state index in [4.69, 9.17) is 9.47 Å². The number of hydrogen-bond donors (Lipinski definition) is 0. The number of nitrogens with zero attached hydrogens (tertiary/aromatic N) is 2. The Hall–Kier alpha value is -1.75. The molecule has 0 atom stereocenters. The highest BCUT2D eigenvalue weighted by Gasteiger charge is 2.15. The zero-order chi connectivity index (χ0) is 15.4.